The number of imidazole rings is 1. The third-order valence-electron chi connectivity index (χ3n) is 2.42. The molecule has 0 amide bonds. The van der Waals surface area contributed by atoms with Gasteiger partial charge in [-0.15, -0.1) is 0 Å². The molecule has 4 heteroatoms. The highest BCUT2D eigenvalue weighted by molar-refractivity contribution is 7.98. The minimum absolute atomic E-state index is 0.460. The number of nitrogens with one attached hydrogen (secondary N) is 1. The van der Waals surface area contributed by atoms with Gasteiger partial charge < -0.3 is 9.88 Å². The number of aromatic nitrogens is 2. The molecule has 1 heterocycles. The molecule has 3 nitrogen and oxygen atoms in total. The van der Waals surface area contributed by atoms with Crippen molar-refractivity contribution < 1.29 is 0 Å². The van der Waals surface area contributed by atoms with Crippen LogP contribution in [0.2, 0.25) is 0 Å². The van der Waals surface area contributed by atoms with Crippen molar-refractivity contribution in [3.8, 4) is 0 Å². The average molecular weight is 227 g/mol. The van der Waals surface area contributed by atoms with Crippen LogP contribution in [0.5, 0.6) is 0 Å². The predicted molar refractivity (Wildman–Crippen MR) is 68.7 cm³/mol. The van der Waals surface area contributed by atoms with E-state index >= 15 is 0 Å². The van der Waals surface area contributed by atoms with E-state index in [-0.39, 0.29) is 0 Å². The molecule has 1 N–H and O–H groups in total. The molecule has 0 aliphatic rings. The van der Waals surface area contributed by atoms with Crippen LogP contribution >= 0.6 is 11.8 Å². The van der Waals surface area contributed by atoms with Gasteiger partial charge in [-0.25, -0.2) is 4.98 Å². The summed E-state index contributed by atoms with van der Waals surface area (Å²) in [7, 11) is 0. The minimum atomic E-state index is 0.460. The van der Waals surface area contributed by atoms with E-state index in [2.05, 4.69) is 41.9 Å². The van der Waals surface area contributed by atoms with E-state index in [1.54, 1.807) is 0 Å². The van der Waals surface area contributed by atoms with E-state index in [9.17, 15) is 0 Å². The molecular weight excluding hydrogens is 206 g/mol. The number of thioether (sulfide) groups is 1. The largest absolute Gasteiger partial charge is 0.352 e. The van der Waals surface area contributed by atoms with E-state index in [0.29, 0.717) is 12.1 Å². The lowest BCUT2D eigenvalue weighted by atomic mass is 10.3. The minimum Gasteiger partial charge on any atom is -0.352 e. The van der Waals surface area contributed by atoms with Gasteiger partial charge in [-0.05, 0) is 26.5 Å². The quantitative estimate of drug-likeness (QED) is 0.810. The molecule has 86 valence electrons. The Balaban J connectivity index is 2.65. The Bertz CT molecular complexity index is 283. The molecule has 1 aromatic heterocycles. The van der Waals surface area contributed by atoms with Gasteiger partial charge in [0.2, 0.25) is 5.95 Å². The zero-order valence-electron chi connectivity index (χ0n) is 10.0. The molecule has 0 fully saturated rings. The van der Waals surface area contributed by atoms with Crippen LogP contribution in [0.25, 0.3) is 0 Å². The van der Waals surface area contributed by atoms with E-state index in [1.165, 1.54) is 0 Å². The van der Waals surface area contributed by atoms with Gasteiger partial charge in [0.1, 0.15) is 0 Å². The summed E-state index contributed by atoms with van der Waals surface area (Å²) in [5, 5.41) is 3.49. The zero-order chi connectivity index (χ0) is 11.3. The van der Waals surface area contributed by atoms with Crippen molar-refractivity contribution in [2.24, 2.45) is 0 Å². The highest BCUT2D eigenvalue weighted by Gasteiger charge is 2.10. The van der Waals surface area contributed by atoms with Gasteiger partial charge >= 0.3 is 0 Å². The first-order valence-corrected chi connectivity index (χ1v) is 6.86. The van der Waals surface area contributed by atoms with E-state index in [4.69, 9.17) is 0 Å². The van der Waals surface area contributed by atoms with Crippen LogP contribution in [0.4, 0.5) is 5.95 Å². The number of nitrogens with zero attached hydrogens (tertiary/aromatic N) is 2. The van der Waals surface area contributed by atoms with Crippen LogP contribution in [0.15, 0.2) is 12.4 Å². The topological polar surface area (TPSA) is 29.9 Å². The van der Waals surface area contributed by atoms with Crippen LogP contribution in [0, 0.1) is 0 Å². The Morgan fingerprint density at radius 2 is 2.27 bits per heavy atom. The van der Waals surface area contributed by atoms with Crippen molar-refractivity contribution in [3.63, 3.8) is 0 Å². The summed E-state index contributed by atoms with van der Waals surface area (Å²) < 4.78 is 2.17. The van der Waals surface area contributed by atoms with Gasteiger partial charge in [-0.1, -0.05) is 6.92 Å². The van der Waals surface area contributed by atoms with Crippen LogP contribution in [-0.4, -0.2) is 27.6 Å². The number of hydrogen-bond donors (Lipinski definition) is 1. The lowest BCUT2D eigenvalue weighted by molar-refractivity contribution is 0.598. The Kier molecular flexibility index (Phi) is 5.02. The average Bonchev–Trinajstić information content (AvgIpc) is 2.65. The van der Waals surface area contributed by atoms with Crippen molar-refractivity contribution in [3.05, 3.63) is 12.4 Å². The van der Waals surface area contributed by atoms with E-state index < -0.39 is 0 Å². The second-order valence-electron chi connectivity index (χ2n) is 3.96. The molecule has 0 aromatic carbocycles. The molecule has 0 spiro atoms. The fourth-order valence-corrected chi connectivity index (χ4v) is 2.21. The molecule has 0 bridgehead atoms. The fourth-order valence-electron chi connectivity index (χ4n) is 1.49. The normalized spacial score (nSPS) is 13.1. The molecule has 1 atom stereocenters. The van der Waals surface area contributed by atoms with Crippen molar-refractivity contribution >= 4 is 17.7 Å². The monoisotopic (exact) mass is 227 g/mol. The summed E-state index contributed by atoms with van der Waals surface area (Å²) in [5.41, 5.74) is 0. The molecule has 15 heavy (non-hydrogen) atoms. The number of hydrogen-bond acceptors (Lipinski definition) is 3. The molecule has 1 unspecified atom stereocenters. The Morgan fingerprint density at radius 1 is 1.53 bits per heavy atom. The van der Waals surface area contributed by atoms with Crippen molar-refractivity contribution in [2.75, 3.05) is 17.3 Å². The number of anilines is 1. The molecule has 1 rings (SSSR count). The summed E-state index contributed by atoms with van der Waals surface area (Å²) in [5.74, 6) is 2.12. The van der Waals surface area contributed by atoms with Gasteiger partial charge in [0.05, 0.1) is 0 Å². The molecule has 0 saturated carbocycles. The van der Waals surface area contributed by atoms with Crippen molar-refractivity contribution in [2.45, 2.75) is 39.3 Å². The highest BCUT2D eigenvalue weighted by Crippen LogP contribution is 2.15. The van der Waals surface area contributed by atoms with Gasteiger partial charge in [-0.3, -0.25) is 0 Å². The lowest BCUT2D eigenvalue weighted by Gasteiger charge is -2.19. The third kappa shape index (κ3) is 3.45. The van der Waals surface area contributed by atoms with Crippen molar-refractivity contribution in [1.29, 1.82) is 0 Å². The molecular formula is C11H21N3S. The Morgan fingerprint density at radius 3 is 2.80 bits per heavy atom. The Hall–Kier alpha value is -0.640. The maximum absolute atomic E-state index is 4.35. The Labute approximate surface area is 96.7 Å². The lowest BCUT2D eigenvalue weighted by Crippen LogP contribution is -2.23. The van der Waals surface area contributed by atoms with Crippen LogP contribution in [0.3, 0.4) is 0 Å². The third-order valence-corrected chi connectivity index (χ3v) is 3.15. The first kappa shape index (κ1) is 12.4. The van der Waals surface area contributed by atoms with E-state index in [0.717, 1.165) is 18.1 Å². The summed E-state index contributed by atoms with van der Waals surface area (Å²) in [6, 6.07) is 0.974. The predicted octanol–water partition coefficient (Wildman–Crippen LogP) is 3.02. The summed E-state index contributed by atoms with van der Waals surface area (Å²) >= 11 is 1.87. The molecule has 0 aliphatic heterocycles. The van der Waals surface area contributed by atoms with Crippen LogP contribution in [0.1, 0.15) is 33.2 Å². The standard InChI is InChI=1S/C11H21N3S/c1-5-10(8-15-4)13-11-12-6-7-14(11)9(2)3/h6-7,9-10H,5,8H2,1-4H3,(H,12,13). The smallest absolute Gasteiger partial charge is 0.203 e. The van der Waals surface area contributed by atoms with Gasteiger partial charge in [0.25, 0.3) is 0 Å². The SMILES string of the molecule is CCC(CSC)Nc1nccn1C(C)C. The summed E-state index contributed by atoms with van der Waals surface area (Å²) in [4.78, 5) is 4.35. The first-order chi connectivity index (χ1) is 7.19. The summed E-state index contributed by atoms with van der Waals surface area (Å²) in [6.45, 7) is 6.54. The summed E-state index contributed by atoms with van der Waals surface area (Å²) in [6.07, 6.45) is 7.15. The molecule has 0 radical (unpaired) electrons. The number of rotatable bonds is 6. The second-order valence-corrected chi connectivity index (χ2v) is 4.87. The highest BCUT2D eigenvalue weighted by atomic mass is 32.2. The molecule has 0 aliphatic carbocycles. The fraction of sp³-hybridized carbons (Fsp3) is 0.727. The van der Waals surface area contributed by atoms with Crippen molar-refractivity contribution in [1.82, 2.24) is 9.55 Å². The van der Waals surface area contributed by atoms with Crippen LogP contribution in [-0.2, 0) is 0 Å². The second kappa shape index (κ2) is 6.05. The molecule has 0 saturated heterocycles. The van der Waals surface area contributed by atoms with Gasteiger partial charge in [-0.2, -0.15) is 11.8 Å². The van der Waals surface area contributed by atoms with Crippen LogP contribution < -0.4 is 5.32 Å². The van der Waals surface area contributed by atoms with E-state index in [1.807, 2.05) is 24.2 Å². The zero-order valence-corrected chi connectivity index (χ0v) is 10.8. The van der Waals surface area contributed by atoms with Gasteiger partial charge in [0.15, 0.2) is 0 Å². The first-order valence-electron chi connectivity index (χ1n) is 5.47. The molecule has 1 aromatic rings. The maximum atomic E-state index is 4.35. The maximum Gasteiger partial charge on any atom is 0.203 e. The van der Waals surface area contributed by atoms with Gasteiger partial charge in [0, 0.05) is 30.2 Å².